The summed E-state index contributed by atoms with van der Waals surface area (Å²) in [4.78, 5) is 25.7. The highest BCUT2D eigenvalue weighted by Gasteiger charge is 2.47. The molecule has 2 saturated heterocycles. The molecule has 1 N–H and O–H groups in total. The molecule has 0 unspecified atom stereocenters. The molecule has 2 atom stereocenters. The zero-order valence-electron chi connectivity index (χ0n) is 15.7. The van der Waals surface area contributed by atoms with Crippen molar-refractivity contribution in [3.63, 3.8) is 0 Å². The van der Waals surface area contributed by atoms with Crippen molar-refractivity contribution in [1.82, 2.24) is 4.90 Å². The van der Waals surface area contributed by atoms with Gasteiger partial charge in [-0.15, -0.1) is 0 Å². The lowest BCUT2D eigenvalue weighted by Crippen LogP contribution is -2.36. The topological polar surface area (TPSA) is 84.6 Å². The molecular weight excluding hydrogens is 419 g/mol. The average Bonchev–Trinajstić information content (AvgIpc) is 3.40. The van der Waals surface area contributed by atoms with Gasteiger partial charge in [0.2, 0.25) is 5.91 Å². The van der Waals surface area contributed by atoms with Gasteiger partial charge in [0.1, 0.15) is 0 Å². The van der Waals surface area contributed by atoms with Crippen LogP contribution in [0.2, 0.25) is 0 Å². The number of nitriles is 1. The van der Waals surface area contributed by atoms with E-state index in [4.69, 9.17) is 15.2 Å². The van der Waals surface area contributed by atoms with E-state index >= 15 is 0 Å². The molecule has 30 heavy (non-hydrogen) atoms. The standard InChI is InChI=1S/C18H17N3OS.C2HF3O2/c19-10-13-2-1-3-14(8-13)11-20-6-4-16-17(20)9-18(22)21(16)15-5-7-23-12-15;3-2(4,5)1(6)7/h1-3,5,7-8,12,16-17H,4,6,9,11H2;(H,6,7)/t16-,17+;/m1./s1. The number of hydrogen-bond acceptors (Lipinski definition) is 5. The number of carboxylic acid groups (broad SMARTS) is 1. The third-order valence-electron chi connectivity index (χ3n) is 5.08. The lowest BCUT2D eigenvalue weighted by molar-refractivity contribution is -0.192. The minimum absolute atomic E-state index is 0.230. The Kier molecular flexibility index (Phi) is 6.43. The number of nitrogens with zero attached hydrogens (tertiary/aromatic N) is 3. The Morgan fingerprint density at radius 1 is 1.30 bits per heavy atom. The van der Waals surface area contributed by atoms with Crippen LogP contribution in [0.5, 0.6) is 0 Å². The molecule has 0 aliphatic carbocycles. The molecule has 10 heteroatoms. The van der Waals surface area contributed by atoms with Gasteiger partial charge in [0, 0.05) is 30.9 Å². The fourth-order valence-corrected chi connectivity index (χ4v) is 4.46. The summed E-state index contributed by atoms with van der Waals surface area (Å²) < 4.78 is 31.7. The van der Waals surface area contributed by atoms with Crippen LogP contribution in [0, 0.1) is 11.3 Å². The summed E-state index contributed by atoms with van der Waals surface area (Å²) in [5, 5.41) is 20.2. The van der Waals surface area contributed by atoms with Crippen LogP contribution in [-0.4, -0.2) is 46.7 Å². The van der Waals surface area contributed by atoms with Gasteiger partial charge in [-0.1, -0.05) is 12.1 Å². The Bertz CT molecular complexity index is 956. The van der Waals surface area contributed by atoms with E-state index in [9.17, 15) is 18.0 Å². The largest absolute Gasteiger partial charge is 0.490 e. The first-order valence-corrected chi connectivity index (χ1v) is 10.0. The first-order valence-electron chi connectivity index (χ1n) is 9.08. The summed E-state index contributed by atoms with van der Waals surface area (Å²) in [5.41, 5.74) is 2.88. The van der Waals surface area contributed by atoms with Crippen LogP contribution in [0.15, 0.2) is 41.1 Å². The predicted octanol–water partition coefficient (Wildman–Crippen LogP) is 3.63. The van der Waals surface area contributed by atoms with Crippen molar-refractivity contribution in [2.75, 3.05) is 11.4 Å². The number of likely N-dealkylation sites (tertiary alicyclic amines) is 1. The summed E-state index contributed by atoms with van der Waals surface area (Å²) >= 11 is 1.63. The minimum atomic E-state index is -5.08. The second kappa shape index (κ2) is 8.85. The number of benzene rings is 1. The van der Waals surface area contributed by atoms with Crippen LogP contribution in [-0.2, 0) is 16.1 Å². The molecule has 2 aliphatic rings. The van der Waals surface area contributed by atoms with Crippen LogP contribution in [0.4, 0.5) is 18.9 Å². The summed E-state index contributed by atoms with van der Waals surface area (Å²) in [7, 11) is 0. The maximum atomic E-state index is 12.4. The zero-order chi connectivity index (χ0) is 21.9. The number of carboxylic acids is 1. The second-order valence-corrected chi connectivity index (χ2v) is 7.74. The number of hydrogen-bond donors (Lipinski definition) is 1. The molecule has 2 fully saturated rings. The Morgan fingerprint density at radius 3 is 2.63 bits per heavy atom. The number of rotatable bonds is 3. The lowest BCUT2D eigenvalue weighted by atomic mass is 10.1. The normalized spacial score (nSPS) is 21.0. The molecule has 0 spiro atoms. The summed E-state index contributed by atoms with van der Waals surface area (Å²) in [5.74, 6) is -2.53. The Morgan fingerprint density at radius 2 is 2.03 bits per heavy atom. The van der Waals surface area contributed by atoms with Crippen molar-refractivity contribution in [1.29, 1.82) is 5.26 Å². The molecule has 158 valence electrons. The first-order chi connectivity index (χ1) is 14.2. The van der Waals surface area contributed by atoms with Crippen molar-refractivity contribution in [3.8, 4) is 6.07 Å². The Labute approximate surface area is 174 Å². The maximum Gasteiger partial charge on any atom is 0.490 e. The SMILES string of the molecule is N#Cc1cccc(CN2CC[C@@H]3[C@@H]2CC(=O)N3c2ccsc2)c1.O=C(O)C(F)(F)F. The van der Waals surface area contributed by atoms with Gasteiger partial charge in [0.05, 0.1) is 23.4 Å². The van der Waals surface area contributed by atoms with Gasteiger partial charge in [0.25, 0.3) is 0 Å². The third-order valence-corrected chi connectivity index (χ3v) is 5.75. The number of alkyl halides is 3. The van der Waals surface area contributed by atoms with Crippen molar-refractivity contribution in [2.45, 2.75) is 37.6 Å². The van der Waals surface area contributed by atoms with Crippen LogP contribution in [0.3, 0.4) is 0 Å². The number of carbonyl (C=O) groups excluding carboxylic acids is 1. The Balaban J connectivity index is 0.000000318. The highest BCUT2D eigenvalue weighted by molar-refractivity contribution is 7.08. The van der Waals surface area contributed by atoms with Gasteiger partial charge in [-0.2, -0.15) is 29.8 Å². The summed E-state index contributed by atoms with van der Waals surface area (Å²) in [6.07, 6.45) is -3.47. The van der Waals surface area contributed by atoms with Gasteiger partial charge in [-0.25, -0.2) is 4.79 Å². The highest BCUT2D eigenvalue weighted by Crippen LogP contribution is 2.37. The minimum Gasteiger partial charge on any atom is -0.475 e. The van der Waals surface area contributed by atoms with E-state index in [-0.39, 0.29) is 18.0 Å². The molecule has 2 aromatic rings. The molecule has 0 radical (unpaired) electrons. The van der Waals surface area contributed by atoms with E-state index in [0.29, 0.717) is 12.0 Å². The smallest absolute Gasteiger partial charge is 0.475 e. The molecule has 6 nitrogen and oxygen atoms in total. The van der Waals surface area contributed by atoms with Gasteiger partial charge in [-0.05, 0) is 35.6 Å². The van der Waals surface area contributed by atoms with Gasteiger partial charge >= 0.3 is 12.1 Å². The molecule has 1 amide bonds. The van der Waals surface area contributed by atoms with Gasteiger partial charge in [0.15, 0.2) is 0 Å². The molecule has 1 aromatic carbocycles. The quantitative estimate of drug-likeness (QED) is 0.793. The number of amides is 1. The van der Waals surface area contributed by atoms with Crippen molar-refractivity contribution < 1.29 is 27.9 Å². The average molecular weight is 437 g/mol. The number of halogens is 3. The molecular formula is C20H18F3N3O3S. The van der Waals surface area contributed by atoms with Gasteiger partial charge < -0.3 is 10.0 Å². The molecule has 2 aliphatic heterocycles. The molecule has 0 saturated carbocycles. The number of fused-ring (bicyclic) bond motifs is 1. The third kappa shape index (κ3) is 4.80. The van der Waals surface area contributed by atoms with Crippen LogP contribution in [0.25, 0.3) is 0 Å². The van der Waals surface area contributed by atoms with E-state index in [1.807, 2.05) is 34.5 Å². The maximum absolute atomic E-state index is 12.4. The molecule has 4 rings (SSSR count). The van der Waals surface area contributed by atoms with Gasteiger partial charge in [-0.3, -0.25) is 9.69 Å². The molecule has 3 heterocycles. The van der Waals surface area contributed by atoms with Crippen molar-refractivity contribution >= 4 is 28.9 Å². The van der Waals surface area contributed by atoms with Crippen LogP contribution in [0.1, 0.15) is 24.0 Å². The summed E-state index contributed by atoms with van der Waals surface area (Å²) in [6.45, 7) is 1.81. The number of thiophene rings is 1. The molecule has 0 bridgehead atoms. The van der Waals surface area contributed by atoms with Crippen molar-refractivity contribution in [3.05, 3.63) is 52.2 Å². The molecule has 1 aromatic heterocycles. The second-order valence-electron chi connectivity index (χ2n) is 6.96. The van der Waals surface area contributed by atoms with Crippen LogP contribution < -0.4 is 4.90 Å². The van der Waals surface area contributed by atoms with E-state index in [1.165, 1.54) is 0 Å². The Hall–Kier alpha value is -2.90. The predicted molar refractivity (Wildman–Crippen MR) is 104 cm³/mol. The van der Waals surface area contributed by atoms with E-state index in [0.717, 1.165) is 30.8 Å². The van der Waals surface area contributed by atoms with Crippen LogP contribution >= 0.6 is 11.3 Å². The fraction of sp³-hybridized carbons (Fsp3) is 0.350. The van der Waals surface area contributed by atoms with E-state index < -0.39 is 12.1 Å². The highest BCUT2D eigenvalue weighted by atomic mass is 32.1. The van der Waals surface area contributed by atoms with Crippen molar-refractivity contribution in [2.24, 2.45) is 0 Å². The number of anilines is 1. The van der Waals surface area contributed by atoms with E-state index in [2.05, 4.69) is 22.4 Å². The fourth-order valence-electron chi connectivity index (χ4n) is 3.83. The zero-order valence-corrected chi connectivity index (χ0v) is 16.5. The van der Waals surface area contributed by atoms with E-state index in [1.54, 1.807) is 11.3 Å². The first kappa shape index (κ1) is 21.8. The lowest BCUT2D eigenvalue weighted by Gasteiger charge is -2.24. The monoisotopic (exact) mass is 437 g/mol. The summed E-state index contributed by atoms with van der Waals surface area (Å²) in [6, 6.07) is 12.6. The number of aliphatic carboxylic acids is 1. The number of carbonyl (C=O) groups is 2.